The van der Waals surface area contributed by atoms with Crippen LogP contribution in [-0.4, -0.2) is 3.21 Å². The third-order valence-electron chi connectivity index (χ3n) is 16.0. The van der Waals surface area contributed by atoms with E-state index in [0.717, 1.165) is 0 Å². The van der Waals surface area contributed by atoms with Crippen molar-refractivity contribution >= 4 is 14.0 Å². The Bertz CT molecular complexity index is 2030. The summed E-state index contributed by atoms with van der Waals surface area (Å²) in [6, 6.07) is 15.1. The van der Waals surface area contributed by atoms with Crippen LogP contribution in [-0.2, 0) is 24.2 Å². The molecule has 0 aliphatic heterocycles. The topological polar surface area (TPSA) is 0 Å². The second kappa shape index (κ2) is 15.0. The van der Waals surface area contributed by atoms with Crippen molar-refractivity contribution in [3.05, 3.63) is 151 Å². The monoisotopic (exact) mass is 834 g/mol. The molecule has 6 aliphatic rings. The summed E-state index contributed by atoms with van der Waals surface area (Å²) >= 11 is 1.50. The van der Waals surface area contributed by atoms with Crippen molar-refractivity contribution in [1.29, 1.82) is 0 Å². The van der Waals surface area contributed by atoms with E-state index < -0.39 is 0 Å². The molecular weight excluding hydrogens is 775 g/mol. The zero-order valence-corrected chi connectivity index (χ0v) is 39.0. The number of fused-ring (bicyclic) bond motifs is 9. The number of hydrogen-bond donors (Lipinski definition) is 0. The van der Waals surface area contributed by atoms with Crippen LogP contribution in [0.25, 0.3) is 10.8 Å². The van der Waals surface area contributed by atoms with Crippen LogP contribution in [0.15, 0.2) is 133 Å². The minimum atomic E-state index is 0. The first-order valence-electron chi connectivity index (χ1n) is 19.5. The van der Waals surface area contributed by atoms with Crippen LogP contribution in [0.3, 0.4) is 0 Å². The molecule has 2 aromatic carbocycles. The number of benzene rings is 2. The third kappa shape index (κ3) is 6.03. The van der Waals surface area contributed by atoms with Crippen LogP contribution in [0.2, 0.25) is 0 Å². The maximum Gasteiger partial charge on any atom is -1.00 e. The zero-order valence-electron chi connectivity index (χ0n) is 35.0. The Balaban J connectivity index is 0.000000215. The van der Waals surface area contributed by atoms with Gasteiger partial charge in [0.1, 0.15) is 0 Å². The number of hydrogen-bond acceptors (Lipinski definition) is 0. The summed E-state index contributed by atoms with van der Waals surface area (Å²) in [6.45, 7) is 31.3. The van der Waals surface area contributed by atoms with Crippen LogP contribution in [0.4, 0.5) is 0 Å². The van der Waals surface area contributed by atoms with Crippen LogP contribution in [0.5, 0.6) is 0 Å². The summed E-state index contributed by atoms with van der Waals surface area (Å²) in [5.74, 6) is 0.982. The quantitative estimate of drug-likeness (QED) is 0.261. The molecule has 0 amide bonds. The Morgan fingerprint density at radius 2 is 1.28 bits per heavy atom. The fraction of sp³-hybridized carbons (Fsp3) is 0.451. The predicted octanol–water partition coefficient (Wildman–Crippen LogP) is 7.55. The summed E-state index contributed by atoms with van der Waals surface area (Å²) in [5.41, 5.74) is 4.83. The fourth-order valence-electron chi connectivity index (χ4n) is 11.7. The van der Waals surface area contributed by atoms with E-state index in [9.17, 15) is 0 Å². The van der Waals surface area contributed by atoms with Gasteiger partial charge in [-0.15, -0.1) is 17.4 Å². The zero-order chi connectivity index (χ0) is 38.2. The van der Waals surface area contributed by atoms with Gasteiger partial charge in [0.2, 0.25) is 0 Å². The van der Waals surface area contributed by atoms with E-state index in [2.05, 4.69) is 224 Å². The SMILES string of the molecule is CC1=CC=CC2[CH-]C3(C)C4(C)C=CC=CC4(C)C4(C)C=CC=CC4(C)C3(C)C12C.CC1[C-]=CC(C(C)(C)C)=C1.C[C](=[Zr+2])c1ccc2ccccc2c1.[Cl-].[Cl-]. The molecule has 3 heteroatoms. The van der Waals surface area contributed by atoms with Gasteiger partial charge in [-0.2, -0.15) is 11.6 Å². The minimum Gasteiger partial charge on any atom is -1.00 e. The average molecular weight is 837 g/mol. The fourth-order valence-corrected chi connectivity index (χ4v) is 12.1. The molecule has 54 heavy (non-hydrogen) atoms. The molecule has 6 aliphatic carbocycles. The van der Waals surface area contributed by atoms with Crippen LogP contribution < -0.4 is 24.8 Å². The van der Waals surface area contributed by atoms with Gasteiger partial charge >= 0.3 is 93.2 Å². The smallest absolute Gasteiger partial charge is 1.00 e. The molecule has 0 spiro atoms. The van der Waals surface area contributed by atoms with Crippen LogP contribution >= 0.6 is 0 Å². The Morgan fingerprint density at radius 1 is 0.741 bits per heavy atom. The van der Waals surface area contributed by atoms with Gasteiger partial charge in [-0.1, -0.05) is 154 Å². The Labute approximate surface area is 356 Å². The maximum absolute atomic E-state index is 3.26. The normalized spacial score (nSPS) is 38.9. The summed E-state index contributed by atoms with van der Waals surface area (Å²) in [5, 5.41) is 2.66. The van der Waals surface area contributed by atoms with Crippen molar-refractivity contribution in [2.24, 2.45) is 55.2 Å². The van der Waals surface area contributed by atoms with Crippen molar-refractivity contribution in [3.63, 3.8) is 0 Å². The van der Waals surface area contributed by atoms with E-state index in [1.165, 1.54) is 54.9 Å². The summed E-state index contributed by atoms with van der Waals surface area (Å²) < 4.78 is 1.46. The molecule has 0 bridgehead atoms. The van der Waals surface area contributed by atoms with Crippen molar-refractivity contribution in [1.82, 2.24) is 0 Å². The molecule has 0 nitrogen and oxygen atoms in total. The molecule has 9 unspecified atom stereocenters. The van der Waals surface area contributed by atoms with Crippen molar-refractivity contribution in [3.8, 4) is 0 Å². The van der Waals surface area contributed by atoms with Crippen LogP contribution in [0, 0.1) is 67.7 Å². The van der Waals surface area contributed by atoms with Gasteiger partial charge in [0.05, 0.1) is 0 Å². The van der Waals surface area contributed by atoms with Crippen molar-refractivity contribution < 1.29 is 49.0 Å². The first-order chi connectivity index (χ1) is 24.2. The van der Waals surface area contributed by atoms with E-state index in [-0.39, 0.29) is 62.7 Å². The van der Waals surface area contributed by atoms with Crippen molar-refractivity contribution in [2.75, 3.05) is 0 Å². The second-order valence-electron chi connectivity index (χ2n) is 18.9. The predicted molar refractivity (Wildman–Crippen MR) is 222 cm³/mol. The van der Waals surface area contributed by atoms with Gasteiger partial charge in [0.15, 0.2) is 0 Å². The average Bonchev–Trinajstić information content (AvgIpc) is 3.63. The van der Waals surface area contributed by atoms with Gasteiger partial charge < -0.3 is 31.2 Å². The Kier molecular flexibility index (Phi) is 12.4. The third-order valence-corrected chi connectivity index (χ3v) is 16.7. The van der Waals surface area contributed by atoms with Crippen molar-refractivity contribution in [2.45, 2.75) is 90.0 Å². The maximum atomic E-state index is 3.26. The van der Waals surface area contributed by atoms with E-state index in [0.29, 0.717) is 17.3 Å². The first-order valence-corrected chi connectivity index (χ1v) is 20.7. The summed E-state index contributed by atoms with van der Waals surface area (Å²) in [6.07, 6.45) is 36.9. The van der Waals surface area contributed by atoms with E-state index in [1.807, 2.05) is 0 Å². The molecule has 0 radical (unpaired) electrons. The van der Waals surface area contributed by atoms with E-state index in [4.69, 9.17) is 0 Å². The summed E-state index contributed by atoms with van der Waals surface area (Å²) in [4.78, 5) is 0. The largest absolute Gasteiger partial charge is 1.00 e. The van der Waals surface area contributed by atoms with E-state index >= 15 is 0 Å². The first kappa shape index (κ1) is 44.7. The second-order valence-corrected chi connectivity index (χ2v) is 20.7. The molecule has 0 heterocycles. The van der Waals surface area contributed by atoms with Gasteiger partial charge in [-0.05, 0) is 28.6 Å². The minimum absolute atomic E-state index is 0. The van der Waals surface area contributed by atoms with Gasteiger partial charge in [0, 0.05) is 10.8 Å². The Morgan fingerprint density at radius 3 is 1.80 bits per heavy atom. The van der Waals surface area contributed by atoms with Crippen LogP contribution in [0.1, 0.15) is 95.6 Å². The number of rotatable bonds is 1. The van der Waals surface area contributed by atoms with Gasteiger partial charge in [-0.3, -0.25) is 6.08 Å². The molecule has 2 saturated carbocycles. The molecule has 2 fully saturated rings. The number of halogens is 2. The molecule has 286 valence electrons. The molecule has 0 aromatic heterocycles. The molecule has 2 aromatic rings. The molecular formula is C51H62Cl2Zr-2. The van der Waals surface area contributed by atoms with Gasteiger partial charge in [0.25, 0.3) is 0 Å². The molecule has 9 atom stereocenters. The number of allylic oxidation sites excluding steroid dienone is 16. The molecule has 0 saturated heterocycles. The summed E-state index contributed by atoms with van der Waals surface area (Å²) in [7, 11) is 0. The Hall–Kier alpha value is -2.05. The van der Waals surface area contributed by atoms with E-state index in [1.54, 1.807) is 0 Å². The van der Waals surface area contributed by atoms with Gasteiger partial charge in [-0.25, -0.2) is 6.08 Å². The standard InChI is InChI=1S/C29H37.C12H10.C10H15.2ClH.Zr/c1-21-14-13-15-22-20-27(6)25(4)18-10-9-16-23(25,2)24(3)17-11-12-19-26(24,5)29(27,8)28(21,22)7;1-2-10-7-8-11-5-3-4-6-12(11)9-10;1-8-5-6-9(7-8)10(2,3)4;;;/h9-20,22H,1-8H3;3-9H,1H3;6-8H,1-4H3;2*1H;/q-1;;-1;;;+2/p-2. The molecule has 0 N–H and O–H groups in total. The molecule has 8 rings (SSSR count).